The Hall–Kier alpha value is -1.89. The van der Waals surface area contributed by atoms with Gasteiger partial charge in [0.2, 0.25) is 15.9 Å². The van der Waals surface area contributed by atoms with E-state index < -0.39 is 10.0 Å². The first kappa shape index (κ1) is 21.4. The minimum atomic E-state index is -3.71. The van der Waals surface area contributed by atoms with Crippen molar-refractivity contribution >= 4 is 33.2 Å². The highest BCUT2D eigenvalue weighted by molar-refractivity contribution is 7.89. The first-order valence-corrected chi connectivity index (χ1v) is 10.7. The van der Waals surface area contributed by atoms with Gasteiger partial charge in [-0.05, 0) is 48.7 Å². The van der Waals surface area contributed by atoms with Crippen LogP contribution in [0.2, 0.25) is 5.02 Å². The maximum atomic E-state index is 12.7. The quantitative estimate of drug-likeness (QED) is 0.747. The number of sulfonamides is 1. The van der Waals surface area contributed by atoms with E-state index in [0.717, 1.165) is 11.1 Å². The normalized spacial score (nSPS) is 11.6. The van der Waals surface area contributed by atoms with Crippen LogP contribution in [0, 0.1) is 13.8 Å². The number of hydrogen-bond donors (Lipinski definition) is 1. The molecule has 0 aliphatic carbocycles. The van der Waals surface area contributed by atoms with Crippen molar-refractivity contribution in [2.45, 2.75) is 39.0 Å². The third kappa shape index (κ3) is 5.09. The highest BCUT2D eigenvalue weighted by Gasteiger charge is 2.25. The van der Waals surface area contributed by atoms with E-state index in [2.05, 4.69) is 5.32 Å². The molecular formula is C20H25ClN2O3S. The molecule has 2 aromatic carbocycles. The van der Waals surface area contributed by atoms with E-state index in [1.807, 2.05) is 32.0 Å². The van der Waals surface area contributed by atoms with Crippen LogP contribution in [0.5, 0.6) is 0 Å². The fourth-order valence-electron chi connectivity index (χ4n) is 2.79. The molecule has 0 aliphatic heterocycles. The minimum Gasteiger partial charge on any atom is -0.326 e. The SMILES string of the molecule is CCN(CC)S(=O)(=O)c1cc(NC(=O)Cc2ccc(C)c(C)c2)ccc1Cl. The molecule has 0 bridgehead atoms. The molecule has 0 aromatic heterocycles. The van der Waals surface area contributed by atoms with Crippen molar-refractivity contribution in [3.8, 4) is 0 Å². The van der Waals surface area contributed by atoms with Gasteiger partial charge in [-0.1, -0.05) is 43.6 Å². The zero-order valence-corrected chi connectivity index (χ0v) is 17.6. The Bertz CT molecular complexity index is 938. The molecular weight excluding hydrogens is 384 g/mol. The molecule has 0 heterocycles. The van der Waals surface area contributed by atoms with Gasteiger partial charge in [0.25, 0.3) is 0 Å². The van der Waals surface area contributed by atoms with Crippen molar-refractivity contribution in [1.82, 2.24) is 4.31 Å². The van der Waals surface area contributed by atoms with Crippen LogP contribution in [0.15, 0.2) is 41.3 Å². The zero-order chi connectivity index (χ0) is 20.2. The molecule has 146 valence electrons. The van der Waals surface area contributed by atoms with Gasteiger partial charge in [0, 0.05) is 18.8 Å². The standard InChI is InChI=1S/C20H25ClN2O3S/c1-5-23(6-2)27(25,26)19-13-17(9-10-18(19)21)22-20(24)12-16-8-7-14(3)15(4)11-16/h7-11,13H,5-6,12H2,1-4H3,(H,22,24). The lowest BCUT2D eigenvalue weighted by molar-refractivity contribution is -0.115. The summed E-state index contributed by atoms with van der Waals surface area (Å²) in [6, 6.07) is 10.4. The van der Waals surface area contributed by atoms with Crippen LogP contribution < -0.4 is 5.32 Å². The lowest BCUT2D eigenvalue weighted by Gasteiger charge is -2.19. The Balaban J connectivity index is 2.22. The number of amides is 1. The fraction of sp³-hybridized carbons (Fsp3) is 0.350. The van der Waals surface area contributed by atoms with Crippen molar-refractivity contribution in [1.29, 1.82) is 0 Å². The molecule has 2 aromatic rings. The second kappa shape index (κ2) is 8.87. The average Bonchev–Trinajstić information content (AvgIpc) is 2.60. The maximum Gasteiger partial charge on any atom is 0.244 e. The van der Waals surface area contributed by atoms with E-state index >= 15 is 0 Å². The van der Waals surface area contributed by atoms with Crippen molar-refractivity contribution in [2.24, 2.45) is 0 Å². The number of hydrogen-bond acceptors (Lipinski definition) is 3. The van der Waals surface area contributed by atoms with Crippen LogP contribution in [-0.2, 0) is 21.2 Å². The van der Waals surface area contributed by atoms with Crippen LogP contribution >= 0.6 is 11.6 Å². The van der Waals surface area contributed by atoms with Gasteiger partial charge in [-0.25, -0.2) is 8.42 Å². The molecule has 0 radical (unpaired) electrons. The first-order valence-electron chi connectivity index (χ1n) is 8.84. The number of halogens is 1. The van der Waals surface area contributed by atoms with Crippen LogP contribution in [0.3, 0.4) is 0 Å². The van der Waals surface area contributed by atoms with E-state index in [1.54, 1.807) is 19.9 Å². The summed E-state index contributed by atoms with van der Waals surface area (Å²) < 4.78 is 26.8. The molecule has 1 amide bonds. The number of aryl methyl sites for hydroxylation is 2. The summed E-state index contributed by atoms with van der Waals surface area (Å²) in [5.74, 6) is -0.216. The van der Waals surface area contributed by atoms with Gasteiger partial charge in [0.1, 0.15) is 4.90 Å². The summed E-state index contributed by atoms with van der Waals surface area (Å²) in [5.41, 5.74) is 3.60. The highest BCUT2D eigenvalue weighted by Crippen LogP contribution is 2.28. The van der Waals surface area contributed by atoms with Gasteiger partial charge in [0.15, 0.2) is 0 Å². The van der Waals surface area contributed by atoms with Crippen molar-refractivity contribution in [3.05, 3.63) is 58.1 Å². The molecule has 0 saturated carbocycles. The molecule has 5 nitrogen and oxygen atoms in total. The highest BCUT2D eigenvalue weighted by atomic mass is 35.5. The lowest BCUT2D eigenvalue weighted by atomic mass is 10.0. The van der Waals surface area contributed by atoms with Crippen molar-refractivity contribution < 1.29 is 13.2 Å². The first-order chi connectivity index (χ1) is 12.7. The number of nitrogens with one attached hydrogen (secondary N) is 1. The number of nitrogens with zero attached hydrogens (tertiary/aromatic N) is 1. The predicted octanol–water partition coefficient (Wildman–Crippen LogP) is 4.17. The Kier molecular flexibility index (Phi) is 7.03. The summed E-state index contributed by atoms with van der Waals surface area (Å²) in [6.07, 6.45) is 0.210. The molecule has 0 unspecified atom stereocenters. The van der Waals surface area contributed by atoms with Crippen LogP contribution in [-0.4, -0.2) is 31.7 Å². The summed E-state index contributed by atoms with van der Waals surface area (Å²) >= 11 is 6.12. The van der Waals surface area contributed by atoms with Crippen LogP contribution in [0.4, 0.5) is 5.69 Å². The van der Waals surface area contributed by atoms with E-state index in [-0.39, 0.29) is 22.2 Å². The van der Waals surface area contributed by atoms with Gasteiger partial charge in [-0.3, -0.25) is 4.79 Å². The molecule has 0 aliphatic rings. The van der Waals surface area contributed by atoms with Crippen LogP contribution in [0.1, 0.15) is 30.5 Å². The summed E-state index contributed by atoms with van der Waals surface area (Å²) in [4.78, 5) is 12.4. The van der Waals surface area contributed by atoms with Gasteiger partial charge in [-0.2, -0.15) is 4.31 Å². The summed E-state index contributed by atoms with van der Waals surface area (Å²) in [5, 5.41) is 2.89. The van der Waals surface area contributed by atoms with E-state index in [1.165, 1.54) is 22.0 Å². The molecule has 27 heavy (non-hydrogen) atoms. The predicted molar refractivity (Wildman–Crippen MR) is 110 cm³/mol. The number of carbonyl (C=O) groups excluding carboxylic acids is 1. The van der Waals surface area contributed by atoms with Gasteiger partial charge in [0.05, 0.1) is 11.4 Å². The summed E-state index contributed by atoms with van der Waals surface area (Å²) in [7, 11) is -3.71. The lowest BCUT2D eigenvalue weighted by Crippen LogP contribution is -2.30. The molecule has 7 heteroatoms. The van der Waals surface area contributed by atoms with Gasteiger partial charge in [-0.15, -0.1) is 0 Å². The Morgan fingerprint density at radius 1 is 1.04 bits per heavy atom. The minimum absolute atomic E-state index is 0.00292. The van der Waals surface area contributed by atoms with E-state index in [9.17, 15) is 13.2 Å². The molecule has 0 fully saturated rings. The number of rotatable bonds is 7. The third-order valence-corrected chi connectivity index (χ3v) is 7.01. The average molecular weight is 409 g/mol. The van der Waals surface area contributed by atoms with Crippen molar-refractivity contribution in [2.75, 3.05) is 18.4 Å². The number of benzene rings is 2. The Morgan fingerprint density at radius 3 is 2.30 bits per heavy atom. The van der Waals surface area contributed by atoms with Crippen LogP contribution in [0.25, 0.3) is 0 Å². The largest absolute Gasteiger partial charge is 0.326 e. The van der Waals surface area contributed by atoms with Gasteiger partial charge < -0.3 is 5.32 Å². The number of anilines is 1. The fourth-order valence-corrected chi connectivity index (χ4v) is 4.74. The topological polar surface area (TPSA) is 66.5 Å². The van der Waals surface area contributed by atoms with Gasteiger partial charge >= 0.3 is 0 Å². The molecule has 0 saturated heterocycles. The van der Waals surface area contributed by atoms with E-state index in [4.69, 9.17) is 11.6 Å². The second-order valence-corrected chi connectivity index (χ2v) is 8.69. The van der Waals surface area contributed by atoms with E-state index in [0.29, 0.717) is 18.8 Å². The zero-order valence-electron chi connectivity index (χ0n) is 16.0. The molecule has 2 rings (SSSR count). The second-order valence-electron chi connectivity index (χ2n) is 6.38. The molecule has 0 atom stereocenters. The third-order valence-electron chi connectivity index (χ3n) is 4.47. The number of carbonyl (C=O) groups is 1. The van der Waals surface area contributed by atoms with Crippen molar-refractivity contribution in [3.63, 3.8) is 0 Å². The summed E-state index contributed by atoms with van der Waals surface area (Å²) in [6.45, 7) is 8.25. The molecule has 1 N–H and O–H groups in total. The monoisotopic (exact) mass is 408 g/mol. The molecule has 0 spiro atoms. The Morgan fingerprint density at radius 2 is 1.70 bits per heavy atom. The Labute approximate surface area is 166 Å². The smallest absolute Gasteiger partial charge is 0.244 e. The maximum absolute atomic E-state index is 12.7.